The lowest BCUT2D eigenvalue weighted by Gasteiger charge is -2.55. The Labute approximate surface area is 144 Å². The van der Waals surface area contributed by atoms with Crippen molar-refractivity contribution in [3.05, 3.63) is 28.8 Å². The molecule has 3 unspecified atom stereocenters. The van der Waals surface area contributed by atoms with E-state index in [2.05, 4.69) is 22.3 Å². The van der Waals surface area contributed by atoms with E-state index in [1.807, 2.05) is 6.07 Å². The maximum Gasteiger partial charge on any atom is 0.0410 e. The van der Waals surface area contributed by atoms with Crippen LogP contribution >= 0.6 is 11.6 Å². The lowest BCUT2D eigenvalue weighted by molar-refractivity contribution is -0.0378. The van der Waals surface area contributed by atoms with Crippen LogP contribution in [0.3, 0.4) is 0 Å². The van der Waals surface area contributed by atoms with Crippen LogP contribution in [0, 0.1) is 11.8 Å². The molecule has 0 amide bonds. The summed E-state index contributed by atoms with van der Waals surface area (Å²) in [6.07, 6.45) is 10.0. The van der Waals surface area contributed by atoms with Gasteiger partial charge >= 0.3 is 0 Å². The van der Waals surface area contributed by atoms with Gasteiger partial charge in [0.15, 0.2) is 0 Å². The van der Waals surface area contributed by atoms with Crippen molar-refractivity contribution < 1.29 is 0 Å². The molecule has 0 radical (unpaired) electrons. The van der Waals surface area contributed by atoms with E-state index >= 15 is 0 Å². The van der Waals surface area contributed by atoms with Gasteiger partial charge in [0.2, 0.25) is 0 Å². The molecule has 2 aliphatic carbocycles. The summed E-state index contributed by atoms with van der Waals surface area (Å²) < 4.78 is 0. The van der Waals surface area contributed by atoms with E-state index in [1.54, 1.807) is 0 Å². The third-order valence-corrected chi connectivity index (χ3v) is 7.64. The van der Waals surface area contributed by atoms with Crippen molar-refractivity contribution in [2.24, 2.45) is 11.8 Å². The minimum atomic E-state index is 0.340. The standard InChI is InChI=1S/C20H27ClN2/c21-15-5-6-18-17(12-15)20(13-22-18)7-9-23(10-8-20)19-11-14-3-1-2-4-16(14)19/h5-6,12,14,16,19,22H,1-4,7-11,13H2. The third-order valence-electron chi connectivity index (χ3n) is 7.40. The van der Waals surface area contributed by atoms with Crippen molar-refractivity contribution in [3.8, 4) is 0 Å². The Balaban J connectivity index is 1.30. The van der Waals surface area contributed by atoms with Gasteiger partial charge in [0, 0.05) is 28.7 Å². The molecule has 3 atom stereocenters. The highest BCUT2D eigenvalue weighted by Gasteiger charge is 2.48. The number of nitrogens with zero attached hydrogens (tertiary/aromatic N) is 1. The summed E-state index contributed by atoms with van der Waals surface area (Å²) >= 11 is 6.27. The molecule has 2 heterocycles. The van der Waals surface area contributed by atoms with Gasteiger partial charge in [-0.15, -0.1) is 0 Å². The SMILES string of the molecule is Clc1ccc2c(c1)C1(CCN(C3CC4CCCCC43)CC1)CN2. The topological polar surface area (TPSA) is 15.3 Å². The van der Waals surface area contributed by atoms with Crippen molar-refractivity contribution in [1.82, 2.24) is 4.90 Å². The fraction of sp³-hybridized carbons (Fsp3) is 0.700. The second-order valence-corrected chi connectivity index (χ2v) is 8.81. The number of fused-ring (bicyclic) bond motifs is 3. The van der Waals surface area contributed by atoms with Gasteiger partial charge in [0.1, 0.15) is 0 Å². The van der Waals surface area contributed by atoms with E-state index in [4.69, 9.17) is 11.6 Å². The number of likely N-dealkylation sites (tertiary alicyclic amines) is 1. The van der Waals surface area contributed by atoms with Gasteiger partial charge in [-0.25, -0.2) is 0 Å². The zero-order valence-corrected chi connectivity index (χ0v) is 14.6. The van der Waals surface area contributed by atoms with Crippen LogP contribution in [0.15, 0.2) is 18.2 Å². The van der Waals surface area contributed by atoms with Crippen molar-refractivity contribution in [1.29, 1.82) is 0 Å². The smallest absolute Gasteiger partial charge is 0.0410 e. The van der Waals surface area contributed by atoms with E-state index in [9.17, 15) is 0 Å². The Kier molecular flexibility index (Phi) is 3.42. The highest BCUT2D eigenvalue weighted by atomic mass is 35.5. The van der Waals surface area contributed by atoms with Crippen molar-refractivity contribution in [2.75, 3.05) is 25.0 Å². The first kappa shape index (κ1) is 14.6. The van der Waals surface area contributed by atoms with Crippen LogP contribution in [0.2, 0.25) is 5.02 Å². The fourth-order valence-electron chi connectivity index (χ4n) is 5.94. The maximum absolute atomic E-state index is 6.27. The number of anilines is 1. The van der Waals surface area contributed by atoms with Crippen LogP contribution in [-0.2, 0) is 5.41 Å². The maximum atomic E-state index is 6.27. The molecule has 2 nitrogen and oxygen atoms in total. The molecule has 1 saturated heterocycles. The highest BCUT2D eigenvalue weighted by molar-refractivity contribution is 6.30. The number of halogens is 1. The number of piperidine rings is 1. The van der Waals surface area contributed by atoms with Crippen LogP contribution in [-0.4, -0.2) is 30.6 Å². The van der Waals surface area contributed by atoms with Crippen LogP contribution in [0.25, 0.3) is 0 Å². The zero-order valence-electron chi connectivity index (χ0n) is 13.9. The summed E-state index contributed by atoms with van der Waals surface area (Å²) in [4.78, 5) is 2.83. The lowest BCUT2D eigenvalue weighted by Crippen LogP contribution is -2.57. The van der Waals surface area contributed by atoms with Crippen molar-refractivity contribution in [2.45, 2.75) is 56.4 Å². The van der Waals surface area contributed by atoms with Gasteiger partial charge < -0.3 is 10.2 Å². The van der Waals surface area contributed by atoms with E-state index < -0.39 is 0 Å². The number of hydrogen-bond donors (Lipinski definition) is 1. The zero-order chi connectivity index (χ0) is 15.4. The predicted molar refractivity (Wildman–Crippen MR) is 96.3 cm³/mol. The summed E-state index contributed by atoms with van der Waals surface area (Å²) in [5.41, 5.74) is 3.14. The molecule has 5 rings (SSSR count). The van der Waals surface area contributed by atoms with Gasteiger partial charge in [-0.05, 0) is 74.4 Å². The first-order valence-corrected chi connectivity index (χ1v) is 9.91. The molecule has 4 aliphatic rings. The molecule has 124 valence electrons. The second kappa shape index (κ2) is 5.39. The van der Waals surface area contributed by atoms with Gasteiger partial charge in [0.25, 0.3) is 0 Å². The van der Waals surface area contributed by atoms with Crippen LogP contribution < -0.4 is 5.32 Å². The molecule has 2 aliphatic heterocycles. The van der Waals surface area contributed by atoms with Gasteiger partial charge in [-0.2, -0.15) is 0 Å². The van der Waals surface area contributed by atoms with E-state index in [-0.39, 0.29) is 0 Å². The Hall–Kier alpha value is -0.730. The predicted octanol–water partition coefficient (Wildman–Crippen LogP) is 4.68. The van der Waals surface area contributed by atoms with Crippen LogP contribution in [0.5, 0.6) is 0 Å². The fourth-order valence-corrected chi connectivity index (χ4v) is 6.12. The second-order valence-electron chi connectivity index (χ2n) is 8.37. The molecular formula is C20H27ClN2. The number of benzene rings is 1. The minimum absolute atomic E-state index is 0.340. The largest absolute Gasteiger partial charge is 0.384 e. The molecule has 1 aromatic carbocycles. The normalized spacial score (nSPS) is 35.3. The Bertz CT molecular complexity index is 606. The summed E-state index contributed by atoms with van der Waals surface area (Å²) in [5.74, 6) is 2.10. The van der Waals surface area contributed by atoms with Crippen LogP contribution in [0.1, 0.15) is 50.5 Å². The number of rotatable bonds is 1. The molecule has 0 aromatic heterocycles. The summed E-state index contributed by atoms with van der Waals surface area (Å²) in [6.45, 7) is 3.66. The average molecular weight is 331 g/mol. The Morgan fingerprint density at radius 1 is 1.13 bits per heavy atom. The first-order chi connectivity index (χ1) is 11.3. The highest BCUT2D eigenvalue weighted by Crippen LogP contribution is 2.50. The van der Waals surface area contributed by atoms with Crippen molar-refractivity contribution in [3.63, 3.8) is 0 Å². The molecule has 2 saturated carbocycles. The lowest BCUT2D eigenvalue weighted by atomic mass is 9.61. The molecule has 23 heavy (non-hydrogen) atoms. The Morgan fingerprint density at radius 3 is 2.78 bits per heavy atom. The molecule has 1 spiro atoms. The number of nitrogens with one attached hydrogen (secondary N) is 1. The Morgan fingerprint density at radius 2 is 1.96 bits per heavy atom. The summed E-state index contributed by atoms with van der Waals surface area (Å²) in [7, 11) is 0. The quantitative estimate of drug-likeness (QED) is 0.804. The molecule has 0 bridgehead atoms. The molecule has 1 N–H and O–H groups in total. The van der Waals surface area contributed by atoms with E-state index in [0.717, 1.165) is 29.4 Å². The van der Waals surface area contributed by atoms with Crippen LogP contribution in [0.4, 0.5) is 5.69 Å². The summed E-state index contributed by atoms with van der Waals surface area (Å²) in [5, 5.41) is 4.52. The van der Waals surface area contributed by atoms with Gasteiger partial charge in [0.05, 0.1) is 0 Å². The number of hydrogen-bond acceptors (Lipinski definition) is 2. The third kappa shape index (κ3) is 2.25. The van der Waals surface area contributed by atoms with Crippen molar-refractivity contribution >= 4 is 17.3 Å². The molecule has 3 heteroatoms. The average Bonchev–Trinajstić information content (AvgIpc) is 2.89. The molecule has 3 fully saturated rings. The van der Waals surface area contributed by atoms with Gasteiger partial charge in [-0.1, -0.05) is 30.9 Å². The summed E-state index contributed by atoms with van der Waals surface area (Å²) in [6, 6.07) is 7.30. The molecule has 1 aromatic rings. The first-order valence-electron chi connectivity index (χ1n) is 9.53. The van der Waals surface area contributed by atoms with Gasteiger partial charge in [-0.3, -0.25) is 0 Å². The molecular weight excluding hydrogens is 304 g/mol. The minimum Gasteiger partial charge on any atom is -0.384 e. The van der Waals surface area contributed by atoms with E-state index in [0.29, 0.717) is 5.41 Å². The monoisotopic (exact) mass is 330 g/mol. The van der Waals surface area contributed by atoms with E-state index in [1.165, 1.54) is 69.3 Å².